The molecule has 0 radical (unpaired) electrons. The summed E-state index contributed by atoms with van der Waals surface area (Å²) in [6, 6.07) is 8.96. The maximum absolute atomic E-state index is 13.8. The molecule has 1 aromatic heterocycles. The fourth-order valence-corrected chi connectivity index (χ4v) is 4.52. The van der Waals surface area contributed by atoms with Crippen molar-refractivity contribution in [3.63, 3.8) is 0 Å². The molecule has 0 aliphatic heterocycles. The number of anilines is 1. The lowest BCUT2D eigenvalue weighted by molar-refractivity contribution is 0.0984. The van der Waals surface area contributed by atoms with Gasteiger partial charge in [-0.25, -0.2) is 4.98 Å². The SMILES string of the molecule is CCOc1cc(C(=O)N(CCN(C)C)c2nc3ccc(Cl)cc3s2)cc(OCC)c1OCC.Cl. The van der Waals surface area contributed by atoms with E-state index in [2.05, 4.69) is 0 Å². The highest BCUT2D eigenvalue weighted by molar-refractivity contribution is 7.22. The first-order valence-electron chi connectivity index (χ1n) is 11.0. The number of hydrogen-bond acceptors (Lipinski definition) is 7. The summed E-state index contributed by atoms with van der Waals surface area (Å²) in [4.78, 5) is 22.2. The minimum Gasteiger partial charge on any atom is -0.490 e. The Labute approximate surface area is 216 Å². The van der Waals surface area contributed by atoms with Gasteiger partial charge in [-0.3, -0.25) is 9.69 Å². The van der Waals surface area contributed by atoms with Gasteiger partial charge in [-0.1, -0.05) is 22.9 Å². The molecular weight excluding hydrogens is 497 g/mol. The first-order valence-corrected chi connectivity index (χ1v) is 12.2. The third-order valence-corrected chi connectivity index (χ3v) is 6.02. The fourth-order valence-electron chi connectivity index (χ4n) is 3.25. The normalized spacial score (nSPS) is 10.8. The van der Waals surface area contributed by atoms with Crippen molar-refractivity contribution < 1.29 is 19.0 Å². The van der Waals surface area contributed by atoms with Gasteiger partial charge in [-0.05, 0) is 65.2 Å². The van der Waals surface area contributed by atoms with E-state index in [1.807, 2.05) is 51.9 Å². The molecule has 3 rings (SSSR count). The van der Waals surface area contributed by atoms with Crippen molar-refractivity contribution in [3.8, 4) is 17.2 Å². The maximum atomic E-state index is 13.8. The molecule has 0 bridgehead atoms. The Kier molecular flexibility index (Phi) is 10.7. The molecule has 1 amide bonds. The molecule has 0 saturated heterocycles. The number of aromatic nitrogens is 1. The third kappa shape index (κ3) is 6.66. The molecular formula is C24H31Cl2N3O4S. The van der Waals surface area contributed by atoms with Crippen LogP contribution in [-0.4, -0.2) is 62.8 Å². The molecule has 7 nitrogen and oxygen atoms in total. The second kappa shape index (κ2) is 13.0. The van der Waals surface area contributed by atoms with Crippen LogP contribution in [0.4, 0.5) is 5.13 Å². The molecule has 0 aliphatic carbocycles. The van der Waals surface area contributed by atoms with Crippen LogP contribution in [0.25, 0.3) is 10.2 Å². The summed E-state index contributed by atoms with van der Waals surface area (Å²) in [5.41, 5.74) is 1.25. The summed E-state index contributed by atoms with van der Waals surface area (Å²) < 4.78 is 18.3. The fraction of sp³-hybridized carbons (Fsp3) is 0.417. The molecule has 0 unspecified atom stereocenters. The molecule has 0 atom stereocenters. The number of likely N-dealkylation sites (N-methyl/N-ethyl adjacent to an activating group) is 1. The number of rotatable bonds is 11. The van der Waals surface area contributed by atoms with Gasteiger partial charge in [-0.2, -0.15) is 0 Å². The first-order chi connectivity index (χ1) is 15.9. The van der Waals surface area contributed by atoms with Gasteiger partial charge in [0.25, 0.3) is 5.91 Å². The molecule has 0 spiro atoms. The molecule has 2 aromatic carbocycles. The minimum atomic E-state index is -0.188. The van der Waals surface area contributed by atoms with Crippen molar-refractivity contribution in [2.24, 2.45) is 0 Å². The number of amides is 1. The minimum absolute atomic E-state index is 0. The largest absolute Gasteiger partial charge is 0.490 e. The van der Waals surface area contributed by atoms with Crippen molar-refractivity contribution in [2.75, 3.05) is 51.9 Å². The van der Waals surface area contributed by atoms with Crippen LogP contribution in [0, 0.1) is 0 Å². The van der Waals surface area contributed by atoms with Gasteiger partial charge in [0.15, 0.2) is 16.6 Å². The lowest BCUT2D eigenvalue weighted by Gasteiger charge is -2.23. The van der Waals surface area contributed by atoms with Gasteiger partial charge in [0.2, 0.25) is 5.75 Å². The van der Waals surface area contributed by atoms with E-state index in [1.54, 1.807) is 23.1 Å². The summed E-state index contributed by atoms with van der Waals surface area (Å²) in [5, 5.41) is 1.25. The van der Waals surface area contributed by atoms with E-state index in [-0.39, 0.29) is 18.3 Å². The van der Waals surface area contributed by atoms with E-state index in [1.165, 1.54) is 11.3 Å². The zero-order valence-electron chi connectivity index (χ0n) is 20.1. The predicted octanol–water partition coefficient (Wildman–Crippen LogP) is 5.78. The van der Waals surface area contributed by atoms with E-state index in [0.29, 0.717) is 65.9 Å². The lowest BCUT2D eigenvalue weighted by atomic mass is 10.1. The predicted molar refractivity (Wildman–Crippen MR) is 142 cm³/mol. The number of thiazole rings is 1. The van der Waals surface area contributed by atoms with Crippen LogP contribution in [0.3, 0.4) is 0 Å². The van der Waals surface area contributed by atoms with Crippen molar-refractivity contribution in [3.05, 3.63) is 40.9 Å². The number of fused-ring (bicyclic) bond motifs is 1. The Balaban J connectivity index is 0.00000408. The Hall–Kier alpha value is -2.26. The van der Waals surface area contributed by atoms with Gasteiger partial charge in [0.1, 0.15) is 0 Å². The topological polar surface area (TPSA) is 64.1 Å². The molecule has 0 N–H and O–H groups in total. The summed E-state index contributed by atoms with van der Waals surface area (Å²) in [6.45, 7) is 8.15. The Bertz CT molecular complexity index is 1080. The number of carbonyl (C=O) groups excluding carboxylic acids is 1. The van der Waals surface area contributed by atoms with Crippen molar-refractivity contribution in [1.29, 1.82) is 0 Å². The average Bonchev–Trinajstić information content (AvgIpc) is 3.18. The van der Waals surface area contributed by atoms with Crippen LogP contribution >= 0.6 is 35.3 Å². The smallest absolute Gasteiger partial charge is 0.260 e. The van der Waals surface area contributed by atoms with Gasteiger partial charge >= 0.3 is 0 Å². The Morgan fingerprint density at radius 3 is 2.15 bits per heavy atom. The highest BCUT2D eigenvalue weighted by Gasteiger charge is 2.25. The quantitative estimate of drug-likeness (QED) is 0.315. The van der Waals surface area contributed by atoms with Crippen molar-refractivity contribution in [2.45, 2.75) is 20.8 Å². The van der Waals surface area contributed by atoms with Gasteiger partial charge in [-0.15, -0.1) is 12.4 Å². The van der Waals surface area contributed by atoms with Crippen LogP contribution in [-0.2, 0) is 0 Å². The first kappa shape index (κ1) is 28.0. The summed E-state index contributed by atoms with van der Waals surface area (Å²) in [5.74, 6) is 1.29. The van der Waals surface area contributed by atoms with Gasteiger partial charge in [0.05, 0.1) is 30.0 Å². The van der Waals surface area contributed by atoms with E-state index in [0.717, 1.165) is 10.2 Å². The standard InChI is InChI=1S/C24H30ClN3O4S.ClH/c1-6-30-19-13-16(14-20(31-7-2)22(19)32-8-3)23(29)28(12-11-27(4)5)24-26-18-10-9-17(25)15-21(18)33-24;/h9-10,13-15H,6-8,11-12H2,1-5H3;1H. The molecule has 34 heavy (non-hydrogen) atoms. The molecule has 0 saturated carbocycles. The van der Waals surface area contributed by atoms with Crippen molar-refractivity contribution in [1.82, 2.24) is 9.88 Å². The van der Waals surface area contributed by atoms with Gasteiger partial charge < -0.3 is 19.1 Å². The van der Waals surface area contributed by atoms with Crippen LogP contribution in [0.5, 0.6) is 17.2 Å². The number of carbonyl (C=O) groups is 1. The van der Waals surface area contributed by atoms with E-state index in [9.17, 15) is 4.79 Å². The Morgan fingerprint density at radius 2 is 1.59 bits per heavy atom. The zero-order chi connectivity index (χ0) is 24.0. The summed E-state index contributed by atoms with van der Waals surface area (Å²) >= 11 is 7.59. The van der Waals surface area contributed by atoms with Crippen LogP contribution < -0.4 is 19.1 Å². The van der Waals surface area contributed by atoms with E-state index in [4.69, 9.17) is 30.8 Å². The second-order valence-corrected chi connectivity index (χ2v) is 8.91. The molecule has 3 aromatic rings. The number of nitrogens with zero attached hydrogens (tertiary/aromatic N) is 3. The number of halogens is 2. The summed E-state index contributed by atoms with van der Waals surface area (Å²) in [7, 11) is 3.94. The number of benzene rings is 2. The lowest BCUT2D eigenvalue weighted by Crippen LogP contribution is -2.36. The zero-order valence-corrected chi connectivity index (χ0v) is 22.5. The highest BCUT2D eigenvalue weighted by Crippen LogP contribution is 2.40. The average molecular weight is 529 g/mol. The molecule has 0 fully saturated rings. The third-order valence-electron chi connectivity index (χ3n) is 4.74. The van der Waals surface area contributed by atoms with Gasteiger partial charge in [0, 0.05) is 23.7 Å². The van der Waals surface area contributed by atoms with Crippen LogP contribution in [0.15, 0.2) is 30.3 Å². The monoisotopic (exact) mass is 527 g/mol. The highest BCUT2D eigenvalue weighted by atomic mass is 35.5. The second-order valence-electron chi connectivity index (χ2n) is 7.47. The van der Waals surface area contributed by atoms with E-state index < -0.39 is 0 Å². The number of ether oxygens (including phenoxy) is 3. The Morgan fingerprint density at radius 1 is 0.971 bits per heavy atom. The maximum Gasteiger partial charge on any atom is 0.260 e. The summed E-state index contributed by atoms with van der Waals surface area (Å²) in [6.07, 6.45) is 0. The van der Waals surface area contributed by atoms with Crippen LogP contribution in [0.1, 0.15) is 31.1 Å². The van der Waals surface area contributed by atoms with Crippen molar-refractivity contribution >= 4 is 56.6 Å². The molecule has 0 aliphatic rings. The molecule has 186 valence electrons. The van der Waals surface area contributed by atoms with Crippen LogP contribution in [0.2, 0.25) is 5.02 Å². The molecule has 10 heteroatoms. The number of hydrogen-bond donors (Lipinski definition) is 0. The molecule has 1 heterocycles. The van der Waals surface area contributed by atoms with E-state index >= 15 is 0 Å².